The lowest BCUT2D eigenvalue weighted by Crippen LogP contribution is -2.36. The molecule has 1 saturated heterocycles. The van der Waals surface area contributed by atoms with Crippen molar-refractivity contribution in [1.29, 1.82) is 0 Å². The molecule has 23 heavy (non-hydrogen) atoms. The van der Waals surface area contributed by atoms with E-state index in [9.17, 15) is 4.79 Å². The average Bonchev–Trinajstić information content (AvgIpc) is 3.10. The molecule has 1 aromatic carbocycles. The minimum atomic E-state index is 0.0918. The molecule has 0 radical (unpaired) electrons. The van der Waals surface area contributed by atoms with Crippen LogP contribution in [0.2, 0.25) is 0 Å². The number of methoxy groups -OCH3 is 2. The second-order valence-electron chi connectivity index (χ2n) is 5.94. The van der Waals surface area contributed by atoms with E-state index in [0.29, 0.717) is 19.6 Å². The number of rotatable bonds is 9. The Morgan fingerprint density at radius 1 is 1.30 bits per heavy atom. The van der Waals surface area contributed by atoms with Crippen molar-refractivity contribution in [3.8, 4) is 5.75 Å². The molecule has 1 amide bonds. The molecule has 0 bridgehead atoms. The first-order valence-corrected chi connectivity index (χ1v) is 8.38. The number of nitrogens with one attached hydrogen (secondary N) is 1. The molecule has 0 aliphatic carbocycles. The molecule has 5 heteroatoms. The van der Waals surface area contributed by atoms with Crippen LogP contribution in [0.25, 0.3) is 0 Å². The molecular weight excluding hydrogens is 292 g/mol. The molecule has 0 spiro atoms. The van der Waals surface area contributed by atoms with Gasteiger partial charge in [0.05, 0.1) is 13.2 Å². The first kappa shape index (κ1) is 17.8. The first-order chi connectivity index (χ1) is 11.2. The summed E-state index contributed by atoms with van der Waals surface area (Å²) in [5, 5.41) is 3.08. The van der Waals surface area contributed by atoms with Gasteiger partial charge in [0.1, 0.15) is 5.75 Å². The number of amides is 1. The van der Waals surface area contributed by atoms with Crippen molar-refractivity contribution in [3.05, 3.63) is 29.8 Å². The summed E-state index contributed by atoms with van der Waals surface area (Å²) in [6.07, 6.45) is 3.72. The Kier molecular flexibility index (Phi) is 7.36. The zero-order valence-corrected chi connectivity index (χ0v) is 14.2. The third kappa shape index (κ3) is 5.52. The molecule has 1 heterocycles. The number of carbonyl (C=O) groups is 1. The highest BCUT2D eigenvalue weighted by molar-refractivity contribution is 5.75. The van der Waals surface area contributed by atoms with E-state index in [-0.39, 0.29) is 11.9 Å². The fourth-order valence-electron chi connectivity index (χ4n) is 3.04. The van der Waals surface area contributed by atoms with Gasteiger partial charge in [0.2, 0.25) is 5.91 Å². The molecule has 1 aromatic rings. The molecule has 1 unspecified atom stereocenters. The Morgan fingerprint density at radius 2 is 2.09 bits per heavy atom. The maximum Gasteiger partial charge on any atom is 0.220 e. The van der Waals surface area contributed by atoms with Gasteiger partial charge in [0.25, 0.3) is 0 Å². The van der Waals surface area contributed by atoms with Gasteiger partial charge >= 0.3 is 0 Å². The number of ether oxygens (including phenoxy) is 2. The minimum Gasteiger partial charge on any atom is -0.497 e. The fraction of sp³-hybridized carbons (Fsp3) is 0.611. The van der Waals surface area contributed by atoms with Gasteiger partial charge in [-0.2, -0.15) is 0 Å². The van der Waals surface area contributed by atoms with Crippen LogP contribution in [0, 0.1) is 0 Å². The van der Waals surface area contributed by atoms with Gasteiger partial charge in [0.15, 0.2) is 0 Å². The van der Waals surface area contributed by atoms with Crippen LogP contribution in [0.5, 0.6) is 5.75 Å². The summed E-state index contributed by atoms with van der Waals surface area (Å²) in [4.78, 5) is 14.4. The SMILES string of the molecule is COCCCC(=O)NCC(c1cccc(OC)c1)N1CCCC1. The smallest absolute Gasteiger partial charge is 0.220 e. The lowest BCUT2D eigenvalue weighted by atomic mass is 10.0. The second-order valence-corrected chi connectivity index (χ2v) is 5.94. The van der Waals surface area contributed by atoms with E-state index in [1.807, 2.05) is 12.1 Å². The zero-order chi connectivity index (χ0) is 16.5. The highest BCUT2D eigenvalue weighted by Crippen LogP contribution is 2.27. The number of hydrogen-bond donors (Lipinski definition) is 1. The van der Waals surface area contributed by atoms with Gasteiger partial charge in [-0.25, -0.2) is 0 Å². The van der Waals surface area contributed by atoms with Crippen LogP contribution in [0.1, 0.15) is 37.3 Å². The standard InChI is InChI=1S/C18H28N2O3/c1-22-12-6-9-18(21)19-14-17(20-10-3-4-11-20)15-7-5-8-16(13-15)23-2/h5,7-8,13,17H,3-4,6,9-12,14H2,1-2H3,(H,19,21). The molecule has 0 aromatic heterocycles. The maximum absolute atomic E-state index is 12.0. The molecule has 1 fully saturated rings. The van der Waals surface area contributed by atoms with Gasteiger partial charge < -0.3 is 14.8 Å². The Hall–Kier alpha value is -1.59. The lowest BCUT2D eigenvalue weighted by Gasteiger charge is -2.28. The van der Waals surface area contributed by atoms with E-state index < -0.39 is 0 Å². The molecule has 0 saturated carbocycles. The highest BCUT2D eigenvalue weighted by Gasteiger charge is 2.24. The molecule has 2 rings (SSSR count). The van der Waals surface area contributed by atoms with Crippen LogP contribution < -0.4 is 10.1 Å². The monoisotopic (exact) mass is 320 g/mol. The van der Waals surface area contributed by atoms with Gasteiger partial charge in [-0.05, 0) is 50.0 Å². The number of hydrogen-bond acceptors (Lipinski definition) is 4. The normalized spacial score (nSPS) is 16.3. The Labute approximate surface area is 139 Å². The van der Waals surface area contributed by atoms with Crippen LogP contribution >= 0.6 is 0 Å². The van der Waals surface area contributed by atoms with E-state index >= 15 is 0 Å². The summed E-state index contributed by atoms with van der Waals surface area (Å²) in [5.41, 5.74) is 1.20. The van der Waals surface area contributed by atoms with Crippen LogP contribution in [0.3, 0.4) is 0 Å². The summed E-state index contributed by atoms with van der Waals surface area (Å²) in [6, 6.07) is 8.35. The summed E-state index contributed by atoms with van der Waals surface area (Å²) in [6.45, 7) is 3.43. The molecular formula is C18H28N2O3. The number of benzene rings is 1. The Bertz CT molecular complexity index is 487. The number of carbonyl (C=O) groups excluding carboxylic acids is 1. The minimum absolute atomic E-state index is 0.0918. The van der Waals surface area contributed by atoms with E-state index in [2.05, 4.69) is 22.3 Å². The summed E-state index contributed by atoms with van der Waals surface area (Å²) in [7, 11) is 3.34. The Balaban J connectivity index is 1.98. The van der Waals surface area contributed by atoms with Crippen LogP contribution in [-0.4, -0.2) is 51.3 Å². The third-order valence-corrected chi connectivity index (χ3v) is 4.30. The summed E-state index contributed by atoms with van der Waals surface area (Å²) < 4.78 is 10.3. The largest absolute Gasteiger partial charge is 0.497 e. The van der Waals surface area contributed by atoms with Crippen molar-refractivity contribution in [2.24, 2.45) is 0 Å². The van der Waals surface area contributed by atoms with Crippen LogP contribution in [0.4, 0.5) is 0 Å². The van der Waals surface area contributed by atoms with Crippen molar-refractivity contribution < 1.29 is 14.3 Å². The van der Waals surface area contributed by atoms with Gasteiger partial charge in [-0.15, -0.1) is 0 Å². The average molecular weight is 320 g/mol. The van der Waals surface area contributed by atoms with E-state index in [1.54, 1.807) is 14.2 Å². The maximum atomic E-state index is 12.0. The quantitative estimate of drug-likeness (QED) is 0.710. The van der Waals surface area contributed by atoms with Gasteiger partial charge in [-0.1, -0.05) is 12.1 Å². The summed E-state index contributed by atoms with van der Waals surface area (Å²) >= 11 is 0. The van der Waals surface area contributed by atoms with Crippen molar-refractivity contribution in [2.75, 3.05) is 40.5 Å². The number of likely N-dealkylation sites (tertiary alicyclic amines) is 1. The van der Waals surface area contributed by atoms with Gasteiger partial charge in [0, 0.05) is 26.7 Å². The van der Waals surface area contributed by atoms with E-state index in [1.165, 1.54) is 18.4 Å². The predicted molar refractivity (Wildman–Crippen MR) is 90.7 cm³/mol. The van der Waals surface area contributed by atoms with Gasteiger partial charge in [-0.3, -0.25) is 9.69 Å². The van der Waals surface area contributed by atoms with Crippen LogP contribution in [-0.2, 0) is 9.53 Å². The molecule has 1 aliphatic rings. The highest BCUT2D eigenvalue weighted by atomic mass is 16.5. The second kappa shape index (κ2) is 9.53. The van der Waals surface area contributed by atoms with Crippen molar-refractivity contribution in [1.82, 2.24) is 10.2 Å². The molecule has 1 N–H and O–H groups in total. The summed E-state index contributed by atoms with van der Waals surface area (Å²) in [5.74, 6) is 0.951. The molecule has 128 valence electrons. The van der Waals surface area contributed by atoms with Crippen molar-refractivity contribution in [3.63, 3.8) is 0 Å². The van der Waals surface area contributed by atoms with E-state index in [4.69, 9.17) is 9.47 Å². The predicted octanol–water partition coefficient (Wildman–Crippen LogP) is 2.37. The third-order valence-electron chi connectivity index (χ3n) is 4.30. The molecule has 1 aliphatic heterocycles. The molecule has 5 nitrogen and oxygen atoms in total. The van der Waals surface area contributed by atoms with E-state index in [0.717, 1.165) is 25.3 Å². The topological polar surface area (TPSA) is 50.8 Å². The first-order valence-electron chi connectivity index (χ1n) is 8.38. The molecule has 1 atom stereocenters. The number of nitrogens with zero attached hydrogens (tertiary/aromatic N) is 1. The fourth-order valence-corrected chi connectivity index (χ4v) is 3.04. The van der Waals surface area contributed by atoms with Crippen LogP contribution in [0.15, 0.2) is 24.3 Å². The zero-order valence-electron chi connectivity index (χ0n) is 14.2. The van der Waals surface area contributed by atoms with Crippen molar-refractivity contribution in [2.45, 2.75) is 31.7 Å². The lowest BCUT2D eigenvalue weighted by molar-refractivity contribution is -0.121. The van der Waals surface area contributed by atoms with Crippen molar-refractivity contribution >= 4 is 5.91 Å². The Morgan fingerprint density at radius 3 is 2.78 bits per heavy atom.